The predicted molar refractivity (Wildman–Crippen MR) is 105 cm³/mol. The van der Waals surface area contributed by atoms with Crippen LogP contribution in [-0.4, -0.2) is 20.4 Å². The van der Waals surface area contributed by atoms with Crippen LogP contribution in [0.3, 0.4) is 0 Å². The van der Waals surface area contributed by atoms with E-state index < -0.39 is 10.0 Å². The van der Waals surface area contributed by atoms with Crippen LogP contribution < -0.4 is 10.0 Å². The van der Waals surface area contributed by atoms with E-state index in [9.17, 15) is 13.2 Å². The van der Waals surface area contributed by atoms with Gasteiger partial charge in [0.2, 0.25) is 0 Å². The number of hydrogen-bond acceptors (Lipinski definition) is 3. The molecule has 5 nitrogen and oxygen atoms in total. The lowest BCUT2D eigenvalue weighted by Gasteiger charge is -2.18. The van der Waals surface area contributed by atoms with Crippen molar-refractivity contribution >= 4 is 21.6 Å². The van der Waals surface area contributed by atoms with Gasteiger partial charge in [0.25, 0.3) is 15.9 Å². The molecule has 0 aromatic heterocycles. The van der Waals surface area contributed by atoms with Crippen molar-refractivity contribution in [3.63, 3.8) is 0 Å². The van der Waals surface area contributed by atoms with Gasteiger partial charge in [-0.3, -0.25) is 9.52 Å². The third-order valence-corrected chi connectivity index (χ3v) is 5.82. The van der Waals surface area contributed by atoms with Crippen molar-refractivity contribution in [1.29, 1.82) is 0 Å². The van der Waals surface area contributed by atoms with E-state index in [-0.39, 0.29) is 16.8 Å². The van der Waals surface area contributed by atoms with E-state index in [0.29, 0.717) is 17.2 Å². The monoisotopic (exact) mass is 374 g/mol. The fourth-order valence-corrected chi connectivity index (χ4v) is 3.37. The molecular formula is C20H26N2O3S. The Morgan fingerprint density at radius 3 is 2.15 bits per heavy atom. The van der Waals surface area contributed by atoms with Crippen molar-refractivity contribution in [2.75, 3.05) is 4.72 Å². The van der Waals surface area contributed by atoms with E-state index in [4.69, 9.17) is 0 Å². The third-order valence-electron chi connectivity index (χ3n) is 4.43. The van der Waals surface area contributed by atoms with E-state index >= 15 is 0 Å². The zero-order valence-corrected chi connectivity index (χ0v) is 16.6. The molecule has 0 bridgehead atoms. The van der Waals surface area contributed by atoms with Crippen LogP contribution in [0.4, 0.5) is 5.69 Å². The Morgan fingerprint density at radius 1 is 0.962 bits per heavy atom. The normalized spacial score (nSPS) is 12.7. The molecule has 0 saturated heterocycles. The molecule has 0 heterocycles. The quantitative estimate of drug-likeness (QED) is 0.806. The fraction of sp³-hybridized carbons (Fsp3) is 0.350. The van der Waals surface area contributed by atoms with Crippen molar-refractivity contribution in [1.82, 2.24) is 5.32 Å². The van der Waals surface area contributed by atoms with E-state index in [2.05, 4.69) is 10.0 Å². The highest BCUT2D eigenvalue weighted by Crippen LogP contribution is 2.22. The molecule has 0 aliphatic carbocycles. The first-order valence-electron chi connectivity index (χ1n) is 8.61. The molecule has 0 saturated carbocycles. The van der Waals surface area contributed by atoms with Crippen molar-refractivity contribution < 1.29 is 13.2 Å². The highest BCUT2D eigenvalue weighted by molar-refractivity contribution is 7.92. The first-order valence-corrected chi connectivity index (χ1v) is 10.1. The highest BCUT2D eigenvalue weighted by atomic mass is 32.2. The van der Waals surface area contributed by atoms with Gasteiger partial charge in [0.15, 0.2) is 0 Å². The van der Waals surface area contributed by atoms with Crippen LogP contribution in [0.15, 0.2) is 47.4 Å². The van der Waals surface area contributed by atoms with Gasteiger partial charge in [-0.15, -0.1) is 0 Å². The van der Waals surface area contributed by atoms with Crippen LogP contribution in [-0.2, 0) is 10.0 Å². The lowest BCUT2D eigenvalue weighted by atomic mass is 10.1. The summed E-state index contributed by atoms with van der Waals surface area (Å²) in [6, 6.07) is 11.7. The number of amides is 1. The summed E-state index contributed by atoms with van der Waals surface area (Å²) in [5.41, 5.74) is 2.55. The van der Waals surface area contributed by atoms with Gasteiger partial charge in [-0.1, -0.05) is 37.6 Å². The maximum Gasteiger partial charge on any atom is 0.261 e. The molecule has 2 aromatic carbocycles. The predicted octanol–water partition coefficient (Wildman–Crippen LogP) is 3.88. The number of carbonyl (C=O) groups excluding carboxylic acids is 1. The van der Waals surface area contributed by atoms with Crippen molar-refractivity contribution in [3.8, 4) is 0 Å². The second kappa shape index (κ2) is 7.91. The highest BCUT2D eigenvalue weighted by Gasteiger charge is 2.17. The zero-order chi connectivity index (χ0) is 19.5. The topological polar surface area (TPSA) is 75.3 Å². The Labute approximate surface area is 155 Å². The van der Waals surface area contributed by atoms with Gasteiger partial charge in [0.05, 0.1) is 10.6 Å². The van der Waals surface area contributed by atoms with Gasteiger partial charge >= 0.3 is 0 Å². The molecule has 6 heteroatoms. The van der Waals surface area contributed by atoms with Crippen LogP contribution in [0, 0.1) is 19.8 Å². The number of carbonyl (C=O) groups is 1. The standard InChI is InChI=1S/C20H26N2O3S/c1-13(2)16(5)21-20(23)17-9-8-15(4)19(12-17)22-26(24,25)18-10-6-14(3)7-11-18/h6-13,16,22H,1-5H3,(H,21,23). The molecular weight excluding hydrogens is 348 g/mol. The molecule has 0 aliphatic rings. The number of anilines is 1. The smallest absolute Gasteiger partial charge is 0.261 e. The molecule has 0 aliphatic heterocycles. The molecule has 2 aromatic rings. The minimum absolute atomic E-state index is 0.0245. The van der Waals surface area contributed by atoms with Crippen LogP contribution in [0.5, 0.6) is 0 Å². The fourth-order valence-electron chi connectivity index (χ4n) is 2.25. The zero-order valence-electron chi connectivity index (χ0n) is 15.8. The van der Waals surface area contributed by atoms with Crippen LogP contribution in [0.25, 0.3) is 0 Å². The summed E-state index contributed by atoms with van der Waals surface area (Å²) in [6.07, 6.45) is 0. The summed E-state index contributed by atoms with van der Waals surface area (Å²) in [7, 11) is -3.71. The number of hydrogen-bond donors (Lipinski definition) is 2. The van der Waals surface area contributed by atoms with E-state index in [1.807, 2.05) is 27.7 Å². The molecule has 140 valence electrons. The van der Waals surface area contributed by atoms with Crippen molar-refractivity contribution in [3.05, 3.63) is 59.2 Å². The lowest BCUT2D eigenvalue weighted by molar-refractivity contribution is 0.0930. The van der Waals surface area contributed by atoms with Gasteiger partial charge in [-0.25, -0.2) is 8.42 Å². The van der Waals surface area contributed by atoms with Gasteiger partial charge in [-0.2, -0.15) is 0 Å². The number of aryl methyl sites for hydroxylation is 2. The largest absolute Gasteiger partial charge is 0.349 e. The average Bonchev–Trinajstić information content (AvgIpc) is 2.56. The maximum atomic E-state index is 12.6. The van der Waals surface area contributed by atoms with Gasteiger partial charge in [-0.05, 0) is 56.5 Å². The number of sulfonamides is 1. The summed E-state index contributed by atoms with van der Waals surface area (Å²) in [5, 5.41) is 2.93. The maximum absolute atomic E-state index is 12.6. The van der Waals surface area contributed by atoms with Crippen molar-refractivity contribution in [2.24, 2.45) is 5.92 Å². The summed E-state index contributed by atoms with van der Waals surface area (Å²) in [5.74, 6) is 0.0888. The average molecular weight is 375 g/mol. The Balaban J connectivity index is 2.27. The number of benzene rings is 2. The van der Waals surface area contributed by atoms with Crippen LogP contribution in [0.2, 0.25) is 0 Å². The molecule has 2 N–H and O–H groups in total. The minimum Gasteiger partial charge on any atom is -0.349 e. The second-order valence-electron chi connectivity index (χ2n) is 6.95. The molecule has 1 unspecified atom stereocenters. The van der Waals surface area contributed by atoms with Gasteiger partial charge in [0.1, 0.15) is 0 Å². The van der Waals surface area contributed by atoms with Gasteiger partial charge < -0.3 is 5.32 Å². The minimum atomic E-state index is -3.71. The van der Waals surface area contributed by atoms with Crippen molar-refractivity contribution in [2.45, 2.75) is 45.6 Å². The van der Waals surface area contributed by atoms with Crippen LogP contribution in [0.1, 0.15) is 42.3 Å². The van der Waals surface area contributed by atoms with Crippen LogP contribution >= 0.6 is 0 Å². The summed E-state index contributed by atoms with van der Waals surface area (Å²) in [6.45, 7) is 9.69. The summed E-state index contributed by atoms with van der Waals surface area (Å²) < 4.78 is 27.8. The van der Waals surface area contributed by atoms with E-state index in [1.54, 1.807) is 49.4 Å². The molecule has 2 rings (SSSR count). The third kappa shape index (κ3) is 4.85. The molecule has 1 atom stereocenters. The molecule has 0 radical (unpaired) electrons. The van der Waals surface area contributed by atoms with E-state index in [1.165, 1.54) is 0 Å². The Kier molecular flexibility index (Phi) is 6.08. The first-order chi connectivity index (χ1) is 12.1. The number of rotatable bonds is 6. The summed E-state index contributed by atoms with van der Waals surface area (Å²) >= 11 is 0. The molecule has 26 heavy (non-hydrogen) atoms. The first kappa shape index (κ1) is 20.0. The summed E-state index contributed by atoms with van der Waals surface area (Å²) in [4.78, 5) is 12.6. The van der Waals surface area contributed by atoms with Gasteiger partial charge in [0, 0.05) is 11.6 Å². The lowest BCUT2D eigenvalue weighted by Crippen LogP contribution is -2.36. The molecule has 1 amide bonds. The second-order valence-corrected chi connectivity index (χ2v) is 8.64. The Bertz CT molecular complexity index is 888. The SMILES string of the molecule is Cc1ccc(S(=O)(=O)Nc2cc(C(=O)NC(C)C(C)C)ccc2C)cc1. The number of nitrogens with one attached hydrogen (secondary N) is 2. The molecule has 0 spiro atoms. The molecule has 0 fully saturated rings. The Morgan fingerprint density at radius 2 is 1.58 bits per heavy atom. The van der Waals surface area contributed by atoms with E-state index in [0.717, 1.165) is 11.1 Å². The Hall–Kier alpha value is -2.34.